The number of nitrogens with zero attached hydrogens (tertiary/aromatic N) is 4. The summed E-state index contributed by atoms with van der Waals surface area (Å²) in [5.41, 5.74) is 4.10. The maximum Gasteiger partial charge on any atom is 0.315 e. The summed E-state index contributed by atoms with van der Waals surface area (Å²) in [6.45, 7) is 3.91. The van der Waals surface area contributed by atoms with Crippen molar-refractivity contribution in [1.82, 2.24) is 4.57 Å². The molecule has 1 aliphatic rings. The van der Waals surface area contributed by atoms with E-state index in [0.29, 0.717) is 27.4 Å². The molecule has 9 heteroatoms. The van der Waals surface area contributed by atoms with Crippen LogP contribution in [0.15, 0.2) is 63.0 Å². The molecule has 0 atom stereocenters. The van der Waals surface area contributed by atoms with Crippen LogP contribution in [0.2, 0.25) is 0 Å². The van der Waals surface area contributed by atoms with Gasteiger partial charge in [-0.15, -0.1) is 5.10 Å². The van der Waals surface area contributed by atoms with Crippen LogP contribution in [0.3, 0.4) is 0 Å². The lowest BCUT2D eigenvalue weighted by atomic mass is 10.0. The number of nitro benzene ring substituents is 1. The zero-order valence-electron chi connectivity index (χ0n) is 16.1. The van der Waals surface area contributed by atoms with Gasteiger partial charge >= 0.3 is 4.87 Å². The van der Waals surface area contributed by atoms with Crippen LogP contribution in [0.1, 0.15) is 21.6 Å². The smallest absolute Gasteiger partial charge is 0.315 e. The Morgan fingerprint density at radius 1 is 1.17 bits per heavy atom. The summed E-state index contributed by atoms with van der Waals surface area (Å²) in [7, 11) is 0. The van der Waals surface area contributed by atoms with Gasteiger partial charge in [-0.05, 0) is 43.2 Å². The Hall–Kier alpha value is -3.85. The maximum atomic E-state index is 12.6. The summed E-state index contributed by atoms with van der Waals surface area (Å²) in [6, 6.07) is 11.6. The third-order valence-corrected chi connectivity index (χ3v) is 5.68. The van der Waals surface area contributed by atoms with Crippen molar-refractivity contribution in [2.45, 2.75) is 13.8 Å². The molecule has 1 aromatic heterocycles. The van der Waals surface area contributed by atoms with Crippen molar-refractivity contribution in [3.05, 3.63) is 89.4 Å². The quantitative estimate of drug-likeness (QED) is 0.508. The Bertz CT molecular complexity index is 1330. The van der Waals surface area contributed by atoms with Gasteiger partial charge in [0.2, 0.25) is 5.88 Å². The highest BCUT2D eigenvalue weighted by Crippen LogP contribution is 2.28. The molecule has 0 aliphatic carbocycles. The number of nitro groups is 1. The van der Waals surface area contributed by atoms with Gasteiger partial charge in [0.15, 0.2) is 0 Å². The molecule has 0 saturated carbocycles. The first kappa shape index (κ1) is 19.5. The zero-order chi connectivity index (χ0) is 21.4. The van der Waals surface area contributed by atoms with Gasteiger partial charge in [-0.3, -0.25) is 14.9 Å². The SMILES string of the molecule is Cc1ccc(-n2c(O)c(/C=C3/C=NN=C3c3cccc([N+](=O)[O-])c3)sc2=O)cc1C. The first-order valence-electron chi connectivity index (χ1n) is 8.95. The lowest BCUT2D eigenvalue weighted by Gasteiger charge is -2.07. The average Bonchev–Trinajstić information content (AvgIpc) is 3.29. The molecular formula is C21H16N4O4S. The molecule has 8 nitrogen and oxygen atoms in total. The van der Waals surface area contributed by atoms with E-state index in [-0.39, 0.29) is 16.4 Å². The second-order valence-corrected chi connectivity index (χ2v) is 7.75. The van der Waals surface area contributed by atoms with Crippen molar-refractivity contribution >= 4 is 35.0 Å². The van der Waals surface area contributed by atoms with Crippen molar-refractivity contribution in [2.75, 3.05) is 0 Å². The fourth-order valence-corrected chi connectivity index (χ4v) is 3.91. The van der Waals surface area contributed by atoms with Crippen LogP contribution in [-0.4, -0.2) is 26.5 Å². The van der Waals surface area contributed by atoms with Crippen LogP contribution < -0.4 is 4.87 Å². The maximum absolute atomic E-state index is 12.6. The number of rotatable bonds is 4. The Labute approximate surface area is 174 Å². The summed E-state index contributed by atoms with van der Waals surface area (Å²) in [5.74, 6) is -0.181. The third kappa shape index (κ3) is 3.46. The number of allylic oxidation sites excluding steroid dienone is 1. The molecule has 4 rings (SSSR count). The molecule has 150 valence electrons. The van der Waals surface area contributed by atoms with Gasteiger partial charge in [0.05, 0.1) is 21.7 Å². The molecular weight excluding hydrogens is 404 g/mol. The van der Waals surface area contributed by atoms with Crippen LogP contribution in [-0.2, 0) is 0 Å². The van der Waals surface area contributed by atoms with Gasteiger partial charge in [0, 0.05) is 23.3 Å². The van der Waals surface area contributed by atoms with E-state index in [4.69, 9.17) is 0 Å². The number of hydrogen-bond acceptors (Lipinski definition) is 7. The van der Waals surface area contributed by atoms with Gasteiger partial charge in [-0.1, -0.05) is 29.5 Å². The van der Waals surface area contributed by atoms with E-state index in [2.05, 4.69) is 10.2 Å². The molecule has 0 bridgehead atoms. The van der Waals surface area contributed by atoms with E-state index >= 15 is 0 Å². The zero-order valence-corrected chi connectivity index (χ0v) is 16.9. The fraction of sp³-hybridized carbons (Fsp3) is 0.0952. The molecule has 30 heavy (non-hydrogen) atoms. The molecule has 0 saturated heterocycles. The number of non-ortho nitro benzene ring substituents is 1. The lowest BCUT2D eigenvalue weighted by Crippen LogP contribution is -2.10. The van der Waals surface area contributed by atoms with Gasteiger partial charge in [0.25, 0.3) is 5.69 Å². The minimum Gasteiger partial charge on any atom is -0.493 e. The first-order valence-corrected chi connectivity index (χ1v) is 9.77. The standard InChI is InChI=1S/C21H16N4O4S/c1-12-6-7-16(8-13(12)2)24-20(26)18(30-21(24)27)10-15-11-22-23-19(15)14-4-3-5-17(9-14)25(28)29/h3-11,26H,1-2H3/b15-10-. The molecule has 0 unspecified atom stereocenters. The van der Waals surface area contributed by atoms with Gasteiger partial charge in [-0.2, -0.15) is 5.10 Å². The van der Waals surface area contributed by atoms with Gasteiger partial charge < -0.3 is 5.11 Å². The summed E-state index contributed by atoms with van der Waals surface area (Å²) >= 11 is 0.894. The highest BCUT2D eigenvalue weighted by Gasteiger charge is 2.20. The van der Waals surface area contributed by atoms with Crippen molar-refractivity contribution in [2.24, 2.45) is 10.2 Å². The fourth-order valence-electron chi connectivity index (χ4n) is 3.07. The largest absolute Gasteiger partial charge is 0.493 e. The van der Waals surface area contributed by atoms with Crippen molar-refractivity contribution in [3.63, 3.8) is 0 Å². The normalized spacial score (nSPS) is 14.3. The number of hydrogen-bond donors (Lipinski definition) is 1. The molecule has 0 fully saturated rings. The molecule has 0 radical (unpaired) electrons. The van der Waals surface area contributed by atoms with Crippen LogP contribution >= 0.6 is 11.3 Å². The Morgan fingerprint density at radius 3 is 2.70 bits per heavy atom. The van der Waals surface area contributed by atoms with Crippen LogP contribution in [0.5, 0.6) is 5.88 Å². The molecule has 0 spiro atoms. The summed E-state index contributed by atoms with van der Waals surface area (Å²) in [4.78, 5) is 23.1. The summed E-state index contributed by atoms with van der Waals surface area (Å²) in [6.07, 6.45) is 3.09. The molecule has 0 amide bonds. The van der Waals surface area contributed by atoms with Crippen molar-refractivity contribution in [3.8, 4) is 11.6 Å². The Kier molecular flexibility index (Phi) is 4.88. The Balaban J connectivity index is 1.75. The van der Waals surface area contributed by atoms with Gasteiger partial charge in [0.1, 0.15) is 5.71 Å². The summed E-state index contributed by atoms with van der Waals surface area (Å²) in [5, 5.41) is 29.7. The van der Waals surface area contributed by atoms with Gasteiger partial charge in [-0.25, -0.2) is 4.57 Å². The monoisotopic (exact) mass is 420 g/mol. The van der Waals surface area contributed by atoms with E-state index in [1.165, 1.54) is 22.9 Å². The minimum atomic E-state index is -0.482. The van der Waals surface area contributed by atoms with E-state index in [9.17, 15) is 20.0 Å². The molecule has 2 aromatic carbocycles. The van der Waals surface area contributed by atoms with Crippen molar-refractivity contribution < 1.29 is 10.0 Å². The molecule has 1 aliphatic heterocycles. The third-order valence-electron chi connectivity index (χ3n) is 4.81. The molecule has 2 heterocycles. The van der Waals surface area contributed by atoms with Crippen LogP contribution in [0.4, 0.5) is 5.69 Å². The van der Waals surface area contributed by atoms with E-state index < -0.39 is 4.92 Å². The predicted octanol–water partition coefficient (Wildman–Crippen LogP) is 4.00. The average molecular weight is 420 g/mol. The number of aryl methyl sites for hydroxylation is 2. The molecule has 1 N–H and O–H groups in total. The minimum absolute atomic E-state index is 0.0603. The second kappa shape index (κ2) is 7.53. The topological polar surface area (TPSA) is 110 Å². The molecule has 3 aromatic rings. The highest BCUT2D eigenvalue weighted by molar-refractivity contribution is 7.10. The van der Waals surface area contributed by atoms with E-state index in [1.807, 2.05) is 26.0 Å². The number of aromatic hydroxyl groups is 1. The first-order chi connectivity index (χ1) is 14.3. The predicted molar refractivity (Wildman–Crippen MR) is 117 cm³/mol. The highest BCUT2D eigenvalue weighted by atomic mass is 32.1. The number of thiazole rings is 1. The van der Waals surface area contributed by atoms with E-state index in [1.54, 1.807) is 24.3 Å². The summed E-state index contributed by atoms with van der Waals surface area (Å²) < 4.78 is 1.25. The Morgan fingerprint density at radius 2 is 1.97 bits per heavy atom. The van der Waals surface area contributed by atoms with Crippen LogP contribution in [0, 0.1) is 24.0 Å². The van der Waals surface area contributed by atoms with Crippen LogP contribution in [0.25, 0.3) is 11.8 Å². The van der Waals surface area contributed by atoms with Crippen molar-refractivity contribution in [1.29, 1.82) is 0 Å². The lowest BCUT2D eigenvalue weighted by molar-refractivity contribution is -0.384. The van der Waals surface area contributed by atoms with E-state index in [0.717, 1.165) is 22.5 Å². The number of aromatic nitrogens is 1. The second-order valence-electron chi connectivity index (χ2n) is 6.76. The number of benzene rings is 2.